The van der Waals surface area contributed by atoms with Gasteiger partial charge in [-0.2, -0.15) is 0 Å². The lowest BCUT2D eigenvalue weighted by Crippen LogP contribution is -2.53. The Morgan fingerprint density at radius 3 is 2.26 bits per heavy atom. The van der Waals surface area contributed by atoms with Crippen LogP contribution in [0.15, 0.2) is 54.6 Å². The lowest BCUT2D eigenvalue weighted by Gasteiger charge is -2.35. The van der Waals surface area contributed by atoms with Gasteiger partial charge in [-0.1, -0.05) is 68.4 Å². The van der Waals surface area contributed by atoms with Crippen LogP contribution < -0.4 is 11.5 Å². The van der Waals surface area contributed by atoms with Crippen LogP contribution in [-0.2, 0) is 36.6 Å². The molecule has 0 aliphatic carbocycles. The van der Waals surface area contributed by atoms with Crippen molar-refractivity contribution in [2.75, 3.05) is 0 Å². The van der Waals surface area contributed by atoms with Gasteiger partial charge in [-0.05, 0) is 22.6 Å². The van der Waals surface area contributed by atoms with Crippen molar-refractivity contribution < 1.29 is 33.4 Å². The monoisotopic (exact) mass is 450 g/mol. The summed E-state index contributed by atoms with van der Waals surface area (Å²) in [5, 5.41) is 7.12. The Labute approximate surface area is 180 Å². The number of nitrogens with two attached hydrogens (primary N) is 2. The van der Waals surface area contributed by atoms with Gasteiger partial charge in [0.15, 0.2) is 6.10 Å². The van der Waals surface area contributed by atoms with E-state index in [-0.39, 0.29) is 18.7 Å². The number of hydrogen-bond acceptors (Lipinski definition) is 7. The third kappa shape index (κ3) is 5.58. The largest absolute Gasteiger partial charge is 0.479 e. The number of carbonyl (C=O) groups excluding carboxylic acids is 1. The zero-order chi connectivity index (χ0) is 23.2. The Morgan fingerprint density at radius 2 is 1.71 bits per heavy atom. The minimum absolute atomic E-state index is 0.0912. The number of ether oxygens (including phenoxy) is 1. The molecule has 0 amide bonds. The van der Waals surface area contributed by atoms with Gasteiger partial charge in [0.2, 0.25) is 5.28 Å². The SMILES string of the molecule is CC(C)C(N)(C(=O)OCc1ccccc1)P(=O)(O)OC(C(=O)O)c1cccc(CN)c1. The molecule has 2 aromatic carbocycles. The van der Waals surface area contributed by atoms with Crippen LogP contribution in [0.4, 0.5) is 0 Å². The first-order valence-electron chi connectivity index (χ1n) is 9.56. The lowest BCUT2D eigenvalue weighted by molar-refractivity contribution is -0.152. The molecule has 3 unspecified atom stereocenters. The molecule has 0 saturated carbocycles. The predicted octanol–water partition coefficient (Wildman–Crippen LogP) is 2.53. The number of carboxylic acids is 1. The number of hydrogen-bond donors (Lipinski definition) is 4. The van der Waals surface area contributed by atoms with E-state index in [0.717, 1.165) is 0 Å². The summed E-state index contributed by atoms with van der Waals surface area (Å²) in [5.74, 6) is -3.60. The van der Waals surface area contributed by atoms with Gasteiger partial charge >= 0.3 is 19.5 Å². The van der Waals surface area contributed by atoms with E-state index in [2.05, 4.69) is 0 Å². The number of carboxylic acid groups (broad SMARTS) is 1. The summed E-state index contributed by atoms with van der Waals surface area (Å²) in [4.78, 5) is 35.3. The summed E-state index contributed by atoms with van der Waals surface area (Å²) in [5.41, 5.74) is 13.0. The fourth-order valence-electron chi connectivity index (χ4n) is 2.88. The maximum Gasteiger partial charge on any atom is 0.360 e. The standard InChI is InChI=1S/C21H27N2O7P/c1-14(2)21(23,20(26)29-13-15-7-4-3-5-8-15)31(27,28)30-18(19(24)25)17-10-6-9-16(11-17)12-22/h3-11,14,18H,12-13,22-23H2,1-2H3,(H,24,25)(H,27,28). The van der Waals surface area contributed by atoms with Gasteiger partial charge in [0.05, 0.1) is 0 Å². The van der Waals surface area contributed by atoms with E-state index < -0.39 is 36.8 Å². The molecule has 0 bridgehead atoms. The average molecular weight is 450 g/mol. The van der Waals surface area contributed by atoms with Crippen molar-refractivity contribution >= 4 is 19.5 Å². The molecular weight excluding hydrogens is 423 g/mol. The van der Waals surface area contributed by atoms with E-state index in [1.165, 1.54) is 26.0 Å². The minimum Gasteiger partial charge on any atom is -0.479 e. The molecule has 31 heavy (non-hydrogen) atoms. The number of aliphatic carboxylic acids is 1. The first kappa shape index (κ1) is 24.7. The summed E-state index contributed by atoms with van der Waals surface area (Å²) < 4.78 is 23.5. The van der Waals surface area contributed by atoms with E-state index in [1.807, 2.05) is 0 Å². The van der Waals surface area contributed by atoms with E-state index in [0.29, 0.717) is 11.1 Å². The molecule has 0 aliphatic heterocycles. The van der Waals surface area contributed by atoms with Gasteiger partial charge in [0.1, 0.15) is 6.61 Å². The predicted molar refractivity (Wildman–Crippen MR) is 114 cm³/mol. The molecule has 9 nitrogen and oxygen atoms in total. The number of rotatable bonds is 10. The van der Waals surface area contributed by atoms with Crippen LogP contribution in [0.25, 0.3) is 0 Å². The van der Waals surface area contributed by atoms with Crippen LogP contribution in [0.1, 0.15) is 36.6 Å². The van der Waals surface area contributed by atoms with Crippen LogP contribution >= 0.6 is 7.60 Å². The van der Waals surface area contributed by atoms with Crippen molar-refractivity contribution in [2.24, 2.45) is 17.4 Å². The Morgan fingerprint density at radius 1 is 1.10 bits per heavy atom. The van der Waals surface area contributed by atoms with Crippen molar-refractivity contribution in [3.8, 4) is 0 Å². The minimum atomic E-state index is -5.06. The molecule has 10 heteroatoms. The quantitative estimate of drug-likeness (QED) is 0.315. The molecule has 168 valence electrons. The Kier molecular flexibility index (Phi) is 8.11. The molecule has 3 atom stereocenters. The van der Waals surface area contributed by atoms with E-state index in [9.17, 15) is 24.2 Å². The number of benzene rings is 2. The van der Waals surface area contributed by atoms with Gasteiger partial charge in [-0.15, -0.1) is 0 Å². The second-order valence-corrected chi connectivity index (χ2v) is 9.33. The third-order valence-corrected chi connectivity index (χ3v) is 6.98. The van der Waals surface area contributed by atoms with Crippen LogP contribution in [0.5, 0.6) is 0 Å². The topological polar surface area (TPSA) is 162 Å². The normalized spacial score (nSPS) is 16.2. The highest BCUT2D eigenvalue weighted by atomic mass is 31.2. The van der Waals surface area contributed by atoms with Crippen molar-refractivity contribution in [3.05, 3.63) is 71.3 Å². The highest BCUT2D eigenvalue weighted by Crippen LogP contribution is 2.59. The van der Waals surface area contributed by atoms with Crippen LogP contribution in [-0.4, -0.2) is 27.2 Å². The molecule has 0 heterocycles. The highest BCUT2D eigenvalue weighted by Gasteiger charge is 2.57. The van der Waals surface area contributed by atoms with Crippen LogP contribution in [0.3, 0.4) is 0 Å². The van der Waals surface area contributed by atoms with Gasteiger partial charge in [-0.25, -0.2) is 9.59 Å². The molecular formula is C21H27N2O7P. The second kappa shape index (κ2) is 10.2. The number of esters is 1. The summed E-state index contributed by atoms with van der Waals surface area (Å²) in [7, 11) is -5.06. The molecule has 0 aromatic heterocycles. The maximum absolute atomic E-state index is 13.2. The van der Waals surface area contributed by atoms with Gasteiger partial charge in [0, 0.05) is 6.54 Å². The van der Waals surface area contributed by atoms with Crippen molar-refractivity contribution in [1.82, 2.24) is 0 Å². The van der Waals surface area contributed by atoms with Gasteiger partial charge in [-0.3, -0.25) is 9.09 Å². The first-order valence-corrected chi connectivity index (χ1v) is 11.1. The fraction of sp³-hybridized carbons (Fsp3) is 0.333. The Balaban J connectivity index is 2.32. The lowest BCUT2D eigenvalue weighted by atomic mass is 10.1. The molecule has 2 rings (SSSR count). The third-order valence-electron chi connectivity index (χ3n) is 4.85. The highest BCUT2D eigenvalue weighted by molar-refractivity contribution is 7.55. The number of carbonyl (C=O) groups is 2. The second-order valence-electron chi connectivity index (χ2n) is 7.34. The molecule has 0 radical (unpaired) electrons. The smallest absolute Gasteiger partial charge is 0.360 e. The molecule has 2 aromatic rings. The molecule has 0 aliphatic rings. The Bertz CT molecular complexity index is 967. The van der Waals surface area contributed by atoms with E-state index in [1.54, 1.807) is 42.5 Å². The zero-order valence-electron chi connectivity index (χ0n) is 17.3. The van der Waals surface area contributed by atoms with Crippen LogP contribution in [0, 0.1) is 5.92 Å². The van der Waals surface area contributed by atoms with Crippen molar-refractivity contribution in [2.45, 2.75) is 38.4 Å². The maximum atomic E-state index is 13.2. The average Bonchev–Trinajstić information content (AvgIpc) is 2.75. The summed E-state index contributed by atoms with van der Waals surface area (Å²) >= 11 is 0. The summed E-state index contributed by atoms with van der Waals surface area (Å²) in [6.07, 6.45) is -1.84. The van der Waals surface area contributed by atoms with Crippen LogP contribution in [0.2, 0.25) is 0 Å². The van der Waals surface area contributed by atoms with Crippen molar-refractivity contribution in [1.29, 1.82) is 0 Å². The molecule has 0 spiro atoms. The Hall–Kier alpha value is -2.55. The summed E-state index contributed by atoms with van der Waals surface area (Å²) in [6, 6.07) is 14.8. The summed E-state index contributed by atoms with van der Waals surface area (Å²) in [6.45, 7) is 2.85. The molecule has 6 N–H and O–H groups in total. The van der Waals surface area contributed by atoms with Gasteiger partial charge in [0.25, 0.3) is 0 Å². The molecule has 0 fully saturated rings. The van der Waals surface area contributed by atoms with Gasteiger partial charge < -0.3 is 26.2 Å². The van der Waals surface area contributed by atoms with E-state index >= 15 is 0 Å². The van der Waals surface area contributed by atoms with E-state index in [4.69, 9.17) is 20.7 Å². The zero-order valence-corrected chi connectivity index (χ0v) is 18.2. The fourth-order valence-corrected chi connectivity index (χ4v) is 4.50. The molecule has 0 saturated heterocycles. The first-order chi connectivity index (χ1) is 14.5. The van der Waals surface area contributed by atoms with Crippen molar-refractivity contribution in [3.63, 3.8) is 0 Å².